The second kappa shape index (κ2) is 10.9. The van der Waals surface area contributed by atoms with Gasteiger partial charge >= 0.3 is 0 Å². The van der Waals surface area contributed by atoms with E-state index >= 15 is 0 Å². The highest BCUT2D eigenvalue weighted by molar-refractivity contribution is 7.12. The molecule has 160 valence electrons. The van der Waals surface area contributed by atoms with Gasteiger partial charge in [-0.15, -0.1) is 11.3 Å². The summed E-state index contributed by atoms with van der Waals surface area (Å²) >= 11 is 1.39. The van der Waals surface area contributed by atoms with E-state index in [1.807, 2.05) is 51.6 Å². The van der Waals surface area contributed by atoms with Crippen LogP contribution >= 0.6 is 11.3 Å². The molecule has 1 fully saturated rings. The Balaban J connectivity index is 1.49. The number of nitrogens with zero attached hydrogens (tertiary/aromatic N) is 2. The number of benzene rings is 1. The lowest BCUT2D eigenvalue weighted by molar-refractivity contribution is -0.134. The first-order chi connectivity index (χ1) is 14.6. The summed E-state index contributed by atoms with van der Waals surface area (Å²) in [6, 6.07) is 13.1. The highest BCUT2D eigenvalue weighted by Gasteiger charge is 2.29. The van der Waals surface area contributed by atoms with E-state index in [0.717, 1.165) is 19.3 Å². The molecule has 1 aromatic carbocycles. The van der Waals surface area contributed by atoms with Crippen LogP contribution in [0.2, 0.25) is 0 Å². The minimum absolute atomic E-state index is 0.0544. The highest BCUT2D eigenvalue weighted by Crippen LogP contribution is 2.20. The summed E-state index contributed by atoms with van der Waals surface area (Å²) in [4.78, 5) is 42.0. The minimum Gasteiger partial charge on any atom is -0.351 e. The molecule has 0 atom stereocenters. The Morgan fingerprint density at radius 2 is 1.83 bits per heavy atom. The molecule has 3 rings (SSSR count). The van der Waals surface area contributed by atoms with Crippen LogP contribution in [0.1, 0.15) is 52.6 Å². The lowest BCUT2D eigenvalue weighted by atomic mass is 10.0. The lowest BCUT2D eigenvalue weighted by Crippen LogP contribution is -2.49. The van der Waals surface area contributed by atoms with Crippen molar-refractivity contribution in [3.8, 4) is 0 Å². The first-order valence-corrected chi connectivity index (χ1v) is 11.4. The predicted octanol–water partition coefficient (Wildman–Crippen LogP) is 3.41. The quantitative estimate of drug-likeness (QED) is 0.702. The Morgan fingerprint density at radius 1 is 1.10 bits per heavy atom. The average molecular weight is 428 g/mol. The zero-order chi connectivity index (χ0) is 21.3. The van der Waals surface area contributed by atoms with Crippen molar-refractivity contribution in [3.63, 3.8) is 0 Å². The molecule has 7 heteroatoms. The second-order valence-corrected chi connectivity index (χ2v) is 8.41. The summed E-state index contributed by atoms with van der Waals surface area (Å²) < 4.78 is 0. The number of amides is 3. The van der Waals surface area contributed by atoms with Gasteiger partial charge in [0.2, 0.25) is 5.91 Å². The van der Waals surface area contributed by atoms with Gasteiger partial charge in [-0.05, 0) is 42.8 Å². The topological polar surface area (TPSA) is 69.7 Å². The fourth-order valence-corrected chi connectivity index (χ4v) is 4.46. The average Bonchev–Trinajstić information content (AvgIpc) is 3.33. The second-order valence-electron chi connectivity index (χ2n) is 7.46. The number of rotatable bonds is 8. The third-order valence-corrected chi connectivity index (χ3v) is 6.24. The number of carbonyl (C=O) groups excluding carboxylic acids is 3. The monoisotopic (exact) mass is 427 g/mol. The maximum absolute atomic E-state index is 12.8. The fourth-order valence-electron chi connectivity index (χ4n) is 3.82. The maximum Gasteiger partial charge on any atom is 0.261 e. The predicted molar refractivity (Wildman–Crippen MR) is 119 cm³/mol. The summed E-state index contributed by atoms with van der Waals surface area (Å²) in [5.74, 6) is -0.0116. The van der Waals surface area contributed by atoms with Gasteiger partial charge in [-0.25, -0.2) is 0 Å². The van der Waals surface area contributed by atoms with Gasteiger partial charge in [0.1, 0.15) is 0 Å². The molecular weight excluding hydrogens is 398 g/mol. The maximum atomic E-state index is 12.8. The molecular formula is C23H29N3O3S. The Kier molecular flexibility index (Phi) is 8.02. The third-order valence-electron chi connectivity index (χ3n) is 5.37. The van der Waals surface area contributed by atoms with Gasteiger partial charge in [0.25, 0.3) is 11.8 Å². The molecule has 0 radical (unpaired) electrons. The van der Waals surface area contributed by atoms with Crippen molar-refractivity contribution in [1.82, 2.24) is 15.1 Å². The molecule has 6 nitrogen and oxygen atoms in total. The summed E-state index contributed by atoms with van der Waals surface area (Å²) in [6.45, 7) is 4.41. The Labute approximate surface area is 181 Å². The van der Waals surface area contributed by atoms with Gasteiger partial charge in [0, 0.05) is 44.2 Å². The van der Waals surface area contributed by atoms with Crippen LogP contribution in [0.25, 0.3) is 0 Å². The molecule has 0 saturated carbocycles. The summed E-state index contributed by atoms with van der Waals surface area (Å²) in [6.07, 6.45) is 2.74. The summed E-state index contributed by atoms with van der Waals surface area (Å²) in [7, 11) is 0. The van der Waals surface area contributed by atoms with E-state index in [2.05, 4.69) is 12.2 Å². The molecule has 0 unspecified atom stereocenters. The van der Waals surface area contributed by atoms with Crippen molar-refractivity contribution in [2.75, 3.05) is 26.2 Å². The number of thiophene rings is 1. The first-order valence-electron chi connectivity index (χ1n) is 10.6. The number of likely N-dealkylation sites (tertiary alicyclic amines) is 1. The van der Waals surface area contributed by atoms with E-state index in [1.165, 1.54) is 11.3 Å². The van der Waals surface area contributed by atoms with Crippen LogP contribution in [0.15, 0.2) is 47.8 Å². The van der Waals surface area contributed by atoms with Crippen molar-refractivity contribution < 1.29 is 14.4 Å². The number of piperidine rings is 1. The van der Waals surface area contributed by atoms with E-state index in [-0.39, 0.29) is 23.8 Å². The van der Waals surface area contributed by atoms with E-state index in [1.54, 1.807) is 6.07 Å². The molecule has 2 aromatic rings. The molecule has 3 amide bonds. The molecule has 0 bridgehead atoms. The van der Waals surface area contributed by atoms with Gasteiger partial charge in [-0.1, -0.05) is 31.2 Å². The van der Waals surface area contributed by atoms with Crippen molar-refractivity contribution >= 4 is 29.1 Å². The fraction of sp³-hybridized carbons (Fsp3) is 0.435. The Hall–Kier alpha value is -2.67. The molecule has 1 N–H and O–H groups in total. The molecule has 1 saturated heterocycles. The Morgan fingerprint density at radius 3 is 2.47 bits per heavy atom. The number of hydrogen-bond acceptors (Lipinski definition) is 4. The summed E-state index contributed by atoms with van der Waals surface area (Å²) in [5.41, 5.74) is 0.707. The number of nitrogens with one attached hydrogen (secondary N) is 1. The third kappa shape index (κ3) is 5.69. The van der Waals surface area contributed by atoms with E-state index in [9.17, 15) is 14.4 Å². The largest absolute Gasteiger partial charge is 0.351 e. The van der Waals surface area contributed by atoms with Crippen molar-refractivity contribution in [1.29, 1.82) is 0 Å². The van der Waals surface area contributed by atoms with E-state index in [4.69, 9.17) is 0 Å². The van der Waals surface area contributed by atoms with Gasteiger partial charge in [-0.2, -0.15) is 0 Å². The van der Waals surface area contributed by atoms with Crippen LogP contribution in [-0.2, 0) is 4.79 Å². The van der Waals surface area contributed by atoms with Crippen molar-refractivity contribution in [3.05, 3.63) is 58.3 Å². The van der Waals surface area contributed by atoms with Crippen molar-refractivity contribution in [2.45, 2.75) is 38.6 Å². The first kappa shape index (κ1) is 22.0. The van der Waals surface area contributed by atoms with Crippen LogP contribution in [0, 0.1) is 0 Å². The molecule has 30 heavy (non-hydrogen) atoms. The van der Waals surface area contributed by atoms with Crippen LogP contribution in [0.3, 0.4) is 0 Å². The Bertz CT molecular complexity index is 831. The molecule has 0 aliphatic carbocycles. The van der Waals surface area contributed by atoms with Gasteiger partial charge in [0.15, 0.2) is 0 Å². The summed E-state index contributed by atoms with van der Waals surface area (Å²) in [5, 5.41) is 4.69. The number of carbonyl (C=O) groups is 3. The highest BCUT2D eigenvalue weighted by atomic mass is 32.1. The number of hydrogen-bond donors (Lipinski definition) is 1. The van der Waals surface area contributed by atoms with E-state index < -0.39 is 0 Å². The smallest absolute Gasteiger partial charge is 0.261 e. The molecule has 1 aliphatic heterocycles. The molecule has 1 aliphatic rings. The van der Waals surface area contributed by atoms with Crippen LogP contribution in [-0.4, -0.2) is 59.7 Å². The molecule has 1 aromatic heterocycles. The van der Waals surface area contributed by atoms with Crippen LogP contribution < -0.4 is 5.32 Å². The van der Waals surface area contributed by atoms with E-state index in [0.29, 0.717) is 43.0 Å². The van der Waals surface area contributed by atoms with Crippen molar-refractivity contribution in [2.24, 2.45) is 0 Å². The molecule has 0 spiro atoms. The minimum atomic E-state index is -0.132. The molecule has 2 heterocycles. The normalized spacial score (nSPS) is 14.4. The van der Waals surface area contributed by atoms with Crippen LogP contribution in [0.4, 0.5) is 0 Å². The van der Waals surface area contributed by atoms with Gasteiger partial charge in [-0.3, -0.25) is 14.4 Å². The zero-order valence-electron chi connectivity index (χ0n) is 17.4. The van der Waals surface area contributed by atoms with Gasteiger partial charge < -0.3 is 15.1 Å². The van der Waals surface area contributed by atoms with Crippen LogP contribution in [0.5, 0.6) is 0 Å². The van der Waals surface area contributed by atoms with Gasteiger partial charge in [0.05, 0.1) is 4.88 Å². The SMILES string of the molecule is CCCN(C(=O)CCNC(=O)c1cccs1)C1CCN(C(=O)c2ccccc2)CC1. The zero-order valence-corrected chi connectivity index (χ0v) is 18.2. The standard InChI is InChI=1S/C23H29N3O3S/c1-2-14-26(21(27)10-13-24-22(28)20-9-6-17-30-20)19-11-15-25(16-12-19)23(29)18-7-4-3-5-8-18/h3-9,17,19H,2,10-16H2,1H3,(H,24,28). The lowest BCUT2D eigenvalue weighted by Gasteiger charge is -2.38.